The lowest BCUT2D eigenvalue weighted by Crippen LogP contribution is -2.45. The Bertz CT molecular complexity index is 416. The van der Waals surface area contributed by atoms with Crippen molar-refractivity contribution < 1.29 is 8.42 Å². The second-order valence-corrected chi connectivity index (χ2v) is 8.47. The van der Waals surface area contributed by atoms with Crippen molar-refractivity contribution in [2.75, 3.05) is 25.1 Å². The summed E-state index contributed by atoms with van der Waals surface area (Å²) in [5.41, 5.74) is 0. The van der Waals surface area contributed by atoms with Gasteiger partial charge in [-0.3, -0.25) is 0 Å². The van der Waals surface area contributed by atoms with E-state index in [1.165, 1.54) is 32.1 Å². The van der Waals surface area contributed by atoms with Gasteiger partial charge in [-0.25, -0.2) is 8.42 Å². The van der Waals surface area contributed by atoms with Gasteiger partial charge in [0.2, 0.25) is 0 Å². The second-order valence-electron chi connectivity index (χ2n) is 5.86. The zero-order valence-electron chi connectivity index (χ0n) is 11.6. The van der Waals surface area contributed by atoms with Crippen molar-refractivity contribution in [1.29, 1.82) is 0 Å². The van der Waals surface area contributed by atoms with Crippen molar-refractivity contribution in [2.24, 2.45) is 5.92 Å². The number of thiocarbonyl (C=S) groups is 1. The molecule has 2 fully saturated rings. The first-order valence-corrected chi connectivity index (χ1v) is 9.42. The van der Waals surface area contributed by atoms with Crippen LogP contribution in [0.15, 0.2) is 0 Å². The van der Waals surface area contributed by atoms with Crippen LogP contribution in [0.4, 0.5) is 0 Å². The molecule has 110 valence electrons. The van der Waals surface area contributed by atoms with Gasteiger partial charge < -0.3 is 10.2 Å². The number of hydrogen-bond donors (Lipinski definition) is 1. The molecule has 1 heterocycles. The van der Waals surface area contributed by atoms with Crippen LogP contribution < -0.4 is 5.32 Å². The van der Waals surface area contributed by atoms with Gasteiger partial charge >= 0.3 is 0 Å². The van der Waals surface area contributed by atoms with Crippen molar-refractivity contribution in [1.82, 2.24) is 10.2 Å². The Labute approximate surface area is 121 Å². The molecule has 0 aromatic rings. The van der Waals surface area contributed by atoms with E-state index >= 15 is 0 Å². The van der Waals surface area contributed by atoms with E-state index in [4.69, 9.17) is 12.2 Å². The van der Waals surface area contributed by atoms with Gasteiger partial charge in [0.15, 0.2) is 14.9 Å². The summed E-state index contributed by atoms with van der Waals surface area (Å²) in [6, 6.07) is 0.557. The Kier molecular flexibility index (Phi) is 5.06. The minimum Gasteiger partial charge on any atom is -0.362 e. The fourth-order valence-electron chi connectivity index (χ4n) is 3.02. The highest BCUT2D eigenvalue weighted by Crippen LogP contribution is 2.22. The molecule has 6 heteroatoms. The maximum absolute atomic E-state index is 11.4. The number of hydrogen-bond acceptors (Lipinski definition) is 3. The topological polar surface area (TPSA) is 49.4 Å². The van der Waals surface area contributed by atoms with Gasteiger partial charge in [-0.1, -0.05) is 19.3 Å². The average molecular weight is 304 g/mol. The molecule has 1 saturated carbocycles. The smallest absolute Gasteiger partial charge is 0.168 e. The Morgan fingerprint density at radius 1 is 1.26 bits per heavy atom. The molecule has 0 bridgehead atoms. The molecular weight excluding hydrogens is 280 g/mol. The minimum absolute atomic E-state index is 0.225. The Hall–Kier alpha value is -0.360. The quantitative estimate of drug-likeness (QED) is 0.802. The molecule has 0 aromatic heterocycles. The van der Waals surface area contributed by atoms with Gasteiger partial charge in [0.25, 0.3) is 0 Å². The average Bonchev–Trinajstić information content (AvgIpc) is 2.76. The van der Waals surface area contributed by atoms with Crippen molar-refractivity contribution in [2.45, 2.75) is 44.6 Å². The molecular formula is C13H24N2O2S2. The summed E-state index contributed by atoms with van der Waals surface area (Å²) < 4.78 is 22.8. The molecule has 2 aliphatic rings. The van der Waals surface area contributed by atoms with Gasteiger partial charge in [0, 0.05) is 19.6 Å². The normalized spacial score (nSPS) is 27.1. The summed E-state index contributed by atoms with van der Waals surface area (Å²) in [6.07, 6.45) is 7.12. The first kappa shape index (κ1) is 15.0. The van der Waals surface area contributed by atoms with Crippen LogP contribution in [0.5, 0.6) is 0 Å². The standard InChI is InChI=1S/C13H24N2O2S2/c1-15(12-5-3-2-4-6-12)13(18)14-9-11-7-8-19(16,17)10-11/h11-12H,2-10H2,1H3,(H,14,18). The summed E-state index contributed by atoms with van der Waals surface area (Å²) in [6.45, 7) is 0.690. The van der Waals surface area contributed by atoms with Crippen LogP contribution in [-0.4, -0.2) is 49.6 Å². The Morgan fingerprint density at radius 2 is 1.95 bits per heavy atom. The second kappa shape index (κ2) is 6.39. The molecule has 0 spiro atoms. The van der Waals surface area contributed by atoms with Crippen molar-refractivity contribution in [3.05, 3.63) is 0 Å². The first-order chi connectivity index (χ1) is 8.98. The van der Waals surface area contributed by atoms with Crippen molar-refractivity contribution in [3.8, 4) is 0 Å². The van der Waals surface area contributed by atoms with E-state index in [2.05, 4.69) is 17.3 Å². The van der Waals surface area contributed by atoms with Crippen LogP contribution in [0, 0.1) is 5.92 Å². The maximum atomic E-state index is 11.4. The zero-order valence-corrected chi connectivity index (χ0v) is 13.2. The molecule has 1 N–H and O–H groups in total. The van der Waals surface area contributed by atoms with E-state index < -0.39 is 9.84 Å². The SMILES string of the molecule is CN(C(=S)NCC1CCS(=O)(=O)C1)C1CCCCC1. The summed E-state index contributed by atoms with van der Waals surface area (Å²) >= 11 is 5.41. The van der Waals surface area contributed by atoms with Crippen LogP contribution in [0.2, 0.25) is 0 Å². The molecule has 0 amide bonds. The molecule has 1 aliphatic heterocycles. The first-order valence-electron chi connectivity index (χ1n) is 7.19. The highest BCUT2D eigenvalue weighted by molar-refractivity contribution is 7.91. The lowest BCUT2D eigenvalue weighted by molar-refractivity contribution is 0.275. The number of rotatable bonds is 3. The third-order valence-electron chi connectivity index (χ3n) is 4.31. The fourth-order valence-corrected chi connectivity index (χ4v) is 5.12. The molecule has 1 saturated heterocycles. The lowest BCUT2D eigenvalue weighted by atomic mass is 9.95. The molecule has 0 aromatic carbocycles. The highest BCUT2D eigenvalue weighted by atomic mass is 32.2. The monoisotopic (exact) mass is 304 g/mol. The number of sulfone groups is 1. The molecule has 1 unspecified atom stereocenters. The summed E-state index contributed by atoms with van der Waals surface area (Å²) in [5, 5.41) is 4.03. The molecule has 4 nitrogen and oxygen atoms in total. The third kappa shape index (κ3) is 4.31. The Balaban J connectivity index is 1.74. The predicted molar refractivity (Wildman–Crippen MR) is 82.0 cm³/mol. The van der Waals surface area contributed by atoms with E-state index in [9.17, 15) is 8.42 Å². The summed E-state index contributed by atoms with van der Waals surface area (Å²) in [5.74, 6) is 0.878. The number of nitrogens with zero attached hydrogens (tertiary/aromatic N) is 1. The zero-order chi connectivity index (χ0) is 13.9. The third-order valence-corrected chi connectivity index (χ3v) is 6.58. The van der Waals surface area contributed by atoms with E-state index in [1.54, 1.807) is 0 Å². The van der Waals surface area contributed by atoms with Gasteiger partial charge in [0.05, 0.1) is 11.5 Å². The van der Waals surface area contributed by atoms with Crippen LogP contribution in [0.25, 0.3) is 0 Å². The summed E-state index contributed by atoms with van der Waals surface area (Å²) in [7, 11) is -0.729. The van der Waals surface area contributed by atoms with Gasteiger partial charge in [0.1, 0.15) is 0 Å². The fraction of sp³-hybridized carbons (Fsp3) is 0.923. The molecule has 2 rings (SSSR count). The Morgan fingerprint density at radius 3 is 2.53 bits per heavy atom. The van der Waals surface area contributed by atoms with Gasteiger partial charge in [-0.15, -0.1) is 0 Å². The van der Waals surface area contributed by atoms with Gasteiger partial charge in [-0.2, -0.15) is 0 Å². The molecule has 19 heavy (non-hydrogen) atoms. The van der Waals surface area contributed by atoms with E-state index in [0.717, 1.165) is 11.5 Å². The van der Waals surface area contributed by atoms with E-state index in [1.807, 2.05) is 0 Å². The van der Waals surface area contributed by atoms with E-state index in [-0.39, 0.29) is 5.92 Å². The van der Waals surface area contributed by atoms with E-state index in [0.29, 0.717) is 24.1 Å². The van der Waals surface area contributed by atoms with Gasteiger partial charge in [-0.05, 0) is 37.4 Å². The summed E-state index contributed by atoms with van der Waals surface area (Å²) in [4.78, 5) is 2.16. The van der Waals surface area contributed by atoms with Crippen LogP contribution >= 0.6 is 12.2 Å². The largest absolute Gasteiger partial charge is 0.362 e. The highest BCUT2D eigenvalue weighted by Gasteiger charge is 2.28. The van der Waals surface area contributed by atoms with Crippen molar-refractivity contribution >= 4 is 27.2 Å². The van der Waals surface area contributed by atoms with Crippen LogP contribution in [0.1, 0.15) is 38.5 Å². The van der Waals surface area contributed by atoms with Crippen LogP contribution in [-0.2, 0) is 9.84 Å². The maximum Gasteiger partial charge on any atom is 0.168 e. The van der Waals surface area contributed by atoms with Crippen LogP contribution in [0.3, 0.4) is 0 Å². The lowest BCUT2D eigenvalue weighted by Gasteiger charge is -2.33. The molecule has 0 radical (unpaired) electrons. The molecule has 1 atom stereocenters. The number of nitrogens with one attached hydrogen (secondary N) is 1. The molecule has 1 aliphatic carbocycles. The minimum atomic E-state index is -2.78. The van der Waals surface area contributed by atoms with Crippen molar-refractivity contribution in [3.63, 3.8) is 0 Å². The predicted octanol–water partition coefficient (Wildman–Crippen LogP) is 1.56.